The maximum Gasteiger partial charge on any atom is 0.266 e. The molecule has 1 amide bonds. The van der Waals surface area contributed by atoms with Gasteiger partial charge in [0, 0.05) is 9.79 Å². The second-order valence-electron chi connectivity index (χ2n) is 4.71. The number of fused-ring (bicyclic) bond motifs is 2. The third kappa shape index (κ3) is 3.35. The summed E-state index contributed by atoms with van der Waals surface area (Å²) in [7, 11) is 1.19. The van der Waals surface area contributed by atoms with Gasteiger partial charge in [0.15, 0.2) is 0 Å². The van der Waals surface area contributed by atoms with E-state index in [2.05, 4.69) is 46.1 Å². The normalized spacial score (nSPS) is 12.6. The molecule has 1 aliphatic heterocycles. The zero-order valence-corrected chi connectivity index (χ0v) is 13.8. The molecule has 0 radical (unpaired) electrons. The molecule has 0 saturated heterocycles. The molecule has 0 spiro atoms. The molecule has 1 heterocycles. The first-order valence-corrected chi connectivity index (χ1v) is 7.97. The van der Waals surface area contributed by atoms with E-state index in [0.29, 0.717) is 0 Å². The van der Waals surface area contributed by atoms with Crippen LogP contribution in [0.2, 0.25) is 0 Å². The highest BCUT2D eigenvalue weighted by Crippen LogP contribution is 2.30. The number of carbonyl (C=O) groups is 1. The van der Waals surface area contributed by atoms with E-state index in [1.165, 1.54) is 0 Å². The maximum atomic E-state index is 12.0. The first-order chi connectivity index (χ1) is 10.3. The van der Waals surface area contributed by atoms with Crippen molar-refractivity contribution in [3.05, 3.63) is 59.7 Å². The van der Waals surface area contributed by atoms with Crippen molar-refractivity contribution < 1.29 is 4.79 Å². The first kappa shape index (κ1) is 16.6. The van der Waals surface area contributed by atoms with Crippen molar-refractivity contribution in [2.45, 2.75) is 9.79 Å². The molecule has 0 bridgehead atoms. The van der Waals surface area contributed by atoms with Gasteiger partial charge in [-0.25, -0.2) is 0 Å². The van der Waals surface area contributed by atoms with E-state index in [1.807, 2.05) is 24.3 Å². The molecule has 0 unspecified atom stereocenters. The van der Waals surface area contributed by atoms with Crippen molar-refractivity contribution in [2.75, 3.05) is 13.6 Å². The molecule has 0 atom stereocenters. The summed E-state index contributed by atoms with van der Waals surface area (Å²) in [5.41, 5.74) is 2.25. The number of nitrogens with one attached hydrogen (secondary N) is 1. The van der Waals surface area contributed by atoms with E-state index in [1.54, 1.807) is 7.05 Å². The number of carbonyl (C=O) groups excluding carboxylic acids is 1. The number of hydrogen-bond acceptors (Lipinski definition) is 2. The summed E-state index contributed by atoms with van der Waals surface area (Å²) in [5, 5.41) is 2.87. The average molecular weight is 333 g/mol. The van der Waals surface area contributed by atoms with Gasteiger partial charge in [-0.1, -0.05) is 48.6 Å². The Kier molecular flexibility index (Phi) is 5.66. The van der Waals surface area contributed by atoms with Crippen molar-refractivity contribution in [3.8, 4) is 0 Å². The summed E-state index contributed by atoms with van der Waals surface area (Å²) in [4.78, 5) is 14.2. The summed E-state index contributed by atoms with van der Waals surface area (Å²) in [6.07, 6.45) is 4.19. The van der Waals surface area contributed by atoms with Gasteiger partial charge in [0.05, 0.1) is 6.54 Å². The summed E-state index contributed by atoms with van der Waals surface area (Å²) in [6, 6.07) is 16.3. The lowest BCUT2D eigenvalue weighted by Crippen LogP contribution is -2.17. The molecule has 0 aliphatic carbocycles. The van der Waals surface area contributed by atoms with Crippen molar-refractivity contribution >= 4 is 41.2 Å². The molecule has 5 heteroatoms. The van der Waals surface area contributed by atoms with Gasteiger partial charge >= 0.3 is 0 Å². The molecule has 0 aromatic heterocycles. The largest absolute Gasteiger partial charge is 0.311 e. The van der Waals surface area contributed by atoms with Crippen LogP contribution in [0.15, 0.2) is 62.7 Å². The number of halogens is 1. The van der Waals surface area contributed by atoms with Gasteiger partial charge in [-0.3, -0.25) is 4.79 Å². The van der Waals surface area contributed by atoms with Crippen LogP contribution in [0.25, 0.3) is 12.2 Å². The Labute approximate surface area is 139 Å². The zero-order valence-electron chi connectivity index (χ0n) is 12.2. The Morgan fingerprint density at radius 3 is 2.00 bits per heavy atom. The molecule has 0 fully saturated rings. The van der Waals surface area contributed by atoms with Gasteiger partial charge in [-0.05, 0) is 41.0 Å². The molecule has 1 N–H and O–H groups in total. The number of rotatable bonds is 2. The molecule has 3 rings (SSSR count). The highest BCUT2D eigenvalue weighted by atomic mass is 35.5. The first-order valence-electron chi connectivity index (χ1n) is 6.79. The van der Waals surface area contributed by atoms with E-state index in [-0.39, 0.29) is 24.9 Å². The Hall–Kier alpha value is -1.75. The second kappa shape index (κ2) is 7.49. The minimum atomic E-state index is -0.571. The van der Waals surface area contributed by atoms with Gasteiger partial charge in [0.25, 0.3) is 5.91 Å². The van der Waals surface area contributed by atoms with Gasteiger partial charge in [-0.2, -0.15) is 4.36 Å². The molecule has 22 heavy (non-hydrogen) atoms. The van der Waals surface area contributed by atoms with Crippen LogP contribution in [0.1, 0.15) is 11.1 Å². The molecular formula is C17H17ClN2OS. The highest BCUT2D eigenvalue weighted by Gasteiger charge is 2.15. The maximum absolute atomic E-state index is 12.0. The predicted molar refractivity (Wildman–Crippen MR) is 94.3 cm³/mol. The molecule has 114 valence electrons. The molecule has 0 saturated carbocycles. The summed E-state index contributed by atoms with van der Waals surface area (Å²) < 4.78 is 4.45. The zero-order chi connectivity index (χ0) is 14.7. The fourth-order valence-corrected chi connectivity index (χ4v) is 4.11. The number of hydrogen-bond donors (Lipinski definition) is 1. The predicted octanol–water partition coefficient (Wildman–Crippen LogP) is 3.56. The molecule has 3 nitrogen and oxygen atoms in total. The topological polar surface area (TPSA) is 41.5 Å². The van der Waals surface area contributed by atoms with Gasteiger partial charge in [0.2, 0.25) is 0 Å². The lowest BCUT2D eigenvalue weighted by molar-refractivity contribution is -0.116. The van der Waals surface area contributed by atoms with Crippen LogP contribution in [-0.2, 0) is 15.5 Å². The minimum absolute atomic E-state index is 0. The fourth-order valence-electron chi connectivity index (χ4n) is 2.27. The van der Waals surface area contributed by atoms with Gasteiger partial charge < -0.3 is 5.32 Å². The smallest absolute Gasteiger partial charge is 0.266 e. The van der Waals surface area contributed by atoms with Crippen LogP contribution < -0.4 is 5.32 Å². The number of likely N-dealkylation sites (N-methyl/N-ethyl adjacent to an activating group) is 1. The fraction of sp³-hybridized carbons (Fsp3) is 0.118. The Bertz CT molecular complexity index is 704. The third-order valence-corrected chi connectivity index (χ3v) is 5.18. The summed E-state index contributed by atoms with van der Waals surface area (Å²) >= 11 is 0. The summed E-state index contributed by atoms with van der Waals surface area (Å²) in [5.74, 6) is -0.118. The highest BCUT2D eigenvalue weighted by molar-refractivity contribution is 7.88. The van der Waals surface area contributed by atoms with Crippen LogP contribution in [-0.4, -0.2) is 19.5 Å². The molecule has 2 aromatic rings. The van der Waals surface area contributed by atoms with E-state index >= 15 is 0 Å². The van der Waals surface area contributed by atoms with Gasteiger partial charge in [-0.15, -0.1) is 12.4 Å². The van der Waals surface area contributed by atoms with E-state index < -0.39 is 10.7 Å². The number of nitrogens with zero attached hydrogens (tertiary/aromatic N) is 1. The Balaban J connectivity index is 0.00000176. The van der Waals surface area contributed by atoms with Crippen molar-refractivity contribution in [2.24, 2.45) is 4.36 Å². The SMILES string of the molecule is CNCC(=O)N=S1c2ccccc2C=Cc2ccccc21.Cl. The number of benzene rings is 2. The van der Waals surface area contributed by atoms with Crippen LogP contribution in [0.4, 0.5) is 0 Å². The van der Waals surface area contributed by atoms with Crippen molar-refractivity contribution in [1.29, 1.82) is 0 Å². The molecular weight excluding hydrogens is 316 g/mol. The standard InChI is InChI=1S/C17H16N2OS.ClH/c1-18-12-17(20)19-21-15-8-4-2-6-13(15)10-11-14-7-3-5-9-16(14)21;/h2-11,18H,12H2,1H3;1H. The second-order valence-corrected chi connectivity index (χ2v) is 6.34. The van der Waals surface area contributed by atoms with Crippen molar-refractivity contribution in [1.82, 2.24) is 5.32 Å². The van der Waals surface area contributed by atoms with E-state index in [9.17, 15) is 4.79 Å². The Morgan fingerprint density at radius 2 is 1.50 bits per heavy atom. The van der Waals surface area contributed by atoms with Crippen LogP contribution in [0, 0.1) is 0 Å². The Morgan fingerprint density at radius 1 is 1.00 bits per heavy atom. The lowest BCUT2D eigenvalue weighted by Gasteiger charge is -2.11. The average Bonchev–Trinajstić information content (AvgIpc) is 2.66. The van der Waals surface area contributed by atoms with Crippen molar-refractivity contribution in [3.63, 3.8) is 0 Å². The molecule has 1 aliphatic rings. The van der Waals surface area contributed by atoms with Crippen LogP contribution in [0.3, 0.4) is 0 Å². The molecule has 2 aromatic carbocycles. The number of amides is 1. The minimum Gasteiger partial charge on any atom is -0.311 e. The van der Waals surface area contributed by atoms with E-state index in [4.69, 9.17) is 0 Å². The monoisotopic (exact) mass is 332 g/mol. The third-order valence-electron chi connectivity index (χ3n) is 3.22. The quantitative estimate of drug-likeness (QED) is 0.779. The summed E-state index contributed by atoms with van der Waals surface area (Å²) in [6.45, 7) is 0.265. The lowest BCUT2D eigenvalue weighted by atomic mass is 10.1. The van der Waals surface area contributed by atoms with E-state index in [0.717, 1.165) is 20.9 Å². The van der Waals surface area contributed by atoms with Crippen LogP contribution >= 0.6 is 12.4 Å². The van der Waals surface area contributed by atoms with Gasteiger partial charge in [0.1, 0.15) is 0 Å². The van der Waals surface area contributed by atoms with Crippen LogP contribution in [0.5, 0.6) is 0 Å².